The van der Waals surface area contributed by atoms with Crippen LogP contribution in [0.3, 0.4) is 0 Å². The Balaban J connectivity index is 1.91. The maximum absolute atomic E-state index is 12.8. The van der Waals surface area contributed by atoms with Crippen LogP contribution in [-0.2, 0) is 0 Å². The van der Waals surface area contributed by atoms with Gasteiger partial charge in [-0.3, -0.25) is 0 Å². The van der Waals surface area contributed by atoms with Gasteiger partial charge in [0, 0.05) is 20.6 Å². The molecule has 0 bridgehead atoms. The number of urea groups is 1. The van der Waals surface area contributed by atoms with Gasteiger partial charge in [0.2, 0.25) is 0 Å². The maximum atomic E-state index is 12.8. The van der Waals surface area contributed by atoms with Crippen LogP contribution >= 0.6 is 0 Å². The Bertz CT molecular complexity index is 434. The second-order valence-corrected chi connectivity index (χ2v) is 4.93. The third kappa shape index (κ3) is 3.36. The minimum absolute atomic E-state index is 0.0187. The predicted octanol–water partition coefficient (Wildman–Crippen LogP) is 2.35. The summed E-state index contributed by atoms with van der Waals surface area (Å²) in [5.74, 6) is 0.350. The topological polar surface area (TPSA) is 32.8 Å². The molecular weight excluding hydrogens is 247 g/mol. The zero-order chi connectivity index (χ0) is 13.8. The molecule has 0 N–H and O–H groups in total. The lowest BCUT2D eigenvalue weighted by atomic mass is 10.2. The summed E-state index contributed by atoms with van der Waals surface area (Å²) in [4.78, 5) is 15.4. The van der Waals surface area contributed by atoms with Gasteiger partial charge in [0.25, 0.3) is 0 Å². The van der Waals surface area contributed by atoms with Crippen molar-refractivity contribution in [2.24, 2.45) is 0 Å². The SMILES string of the molecule is CN(C)C(=O)N1CCC[C@H]1COc1ccc(F)cc1. The predicted molar refractivity (Wildman–Crippen MR) is 70.7 cm³/mol. The molecule has 1 atom stereocenters. The van der Waals surface area contributed by atoms with E-state index in [9.17, 15) is 9.18 Å². The molecule has 1 aliphatic heterocycles. The fraction of sp³-hybridized carbons (Fsp3) is 0.500. The first-order chi connectivity index (χ1) is 9.08. The summed E-state index contributed by atoms with van der Waals surface area (Å²) in [5, 5.41) is 0. The molecule has 1 saturated heterocycles. The fourth-order valence-electron chi connectivity index (χ4n) is 2.24. The van der Waals surface area contributed by atoms with E-state index >= 15 is 0 Å². The highest BCUT2D eigenvalue weighted by atomic mass is 19.1. The Kier molecular flexibility index (Phi) is 4.24. The molecule has 0 aromatic heterocycles. The van der Waals surface area contributed by atoms with E-state index in [4.69, 9.17) is 4.74 Å². The number of ether oxygens (including phenoxy) is 1. The van der Waals surface area contributed by atoms with Crippen molar-refractivity contribution in [3.05, 3.63) is 30.1 Å². The van der Waals surface area contributed by atoms with E-state index in [2.05, 4.69) is 0 Å². The van der Waals surface area contributed by atoms with Crippen LogP contribution in [0.5, 0.6) is 5.75 Å². The van der Waals surface area contributed by atoms with Crippen LogP contribution in [0.4, 0.5) is 9.18 Å². The lowest BCUT2D eigenvalue weighted by molar-refractivity contribution is 0.144. The molecule has 4 nitrogen and oxygen atoms in total. The number of nitrogens with zero attached hydrogens (tertiary/aromatic N) is 2. The molecule has 1 aliphatic rings. The lowest BCUT2D eigenvalue weighted by Gasteiger charge is -2.27. The number of hydrogen-bond acceptors (Lipinski definition) is 2. The van der Waals surface area contributed by atoms with Crippen molar-refractivity contribution in [2.75, 3.05) is 27.2 Å². The van der Waals surface area contributed by atoms with Gasteiger partial charge in [-0.15, -0.1) is 0 Å². The number of hydrogen-bond donors (Lipinski definition) is 0. The van der Waals surface area contributed by atoms with Crippen molar-refractivity contribution in [3.8, 4) is 5.75 Å². The van der Waals surface area contributed by atoms with Gasteiger partial charge < -0.3 is 14.5 Å². The molecular formula is C14H19FN2O2. The largest absolute Gasteiger partial charge is 0.491 e. The monoisotopic (exact) mass is 266 g/mol. The summed E-state index contributed by atoms with van der Waals surface area (Å²) in [6, 6.07) is 6.05. The number of benzene rings is 1. The first-order valence-electron chi connectivity index (χ1n) is 6.44. The normalized spacial score (nSPS) is 18.5. The van der Waals surface area contributed by atoms with E-state index in [-0.39, 0.29) is 17.9 Å². The summed E-state index contributed by atoms with van der Waals surface area (Å²) >= 11 is 0. The molecule has 104 valence electrons. The molecule has 1 fully saturated rings. The molecule has 19 heavy (non-hydrogen) atoms. The molecule has 0 saturated carbocycles. The molecule has 5 heteroatoms. The van der Waals surface area contributed by atoms with E-state index < -0.39 is 0 Å². The van der Waals surface area contributed by atoms with Crippen LogP contribution in [-0.4, -0.2) is 49.1 Å². The van der Waals surface area contributed by atoms with Gasteiger partial charge in [0.05, 0.1) is 6.04 Å². The van der Waals surface area contributed by atoms with Gasteiger partial charge in [-0.25, -0.2) is 9.18 Å². The molecule has 2 rings (SSSR count). The number of carbonyl (C=O) groups is 1. The molecule has 0 aliphatic carbocycles. The average molecular weight is 266 g/mol. The molecule has 1 aromatic rings. The molecule has 0 radical (unpaired) electrons. The van der Waals surface area contributed by atoms with E-state index in [1.807, 2.05) is 4.90 Å². The summed E-state index contributed by atoms with van der Waals surface area (Å²) < 4.78 is 18.4. The Morgan fingerprint density at radius 2 is 2.11 bits per heavy atom. The second kappa shape index (κ2) is 5.91. The second-order valence-electron chi connectivity index (χ2n) is 4.93. The Labute approximate surface area is 112 Å². The zero-order valence-electron chi connectivity index (χ0n) is 11.3. The van der Waals surface area contributed by atoms with E-state index in [0.29, 0.717) is 12.4 Å². The zero-order valence-corrected chi connectivity index (χ0v) is 11.3. The van der Waals surface area contributed by atoms with Crippen LogP contribution in [0.2, 0.25) is 0 Å². The number of likely N-dealkylation sites (tertiary alicyclic amines) is 1. The van der Waals surface area contributed by atoms with Crippen molar-refractivity contribution < 1.29 is 13.9 Å². The van der Waals surface area contributed by atoms with Gasteiger partial charge in [-0.1, -0.05) is 0 Å². The summed E-state index contributed by atoms with van der Waals surface area (Å²) in [6.45, 7) is 1.22. The van der Waals surface area contributed by atoms with Crippen molar-refractivity contribution in [2.45, 2.75) is 18.9 Å². The van der Waals surface area contributed by atoms with E-state index in [1.54, 1.807) is 31.1 Å². The first-order valence-corrected chi connectivity index (χ1v) is 6.44. The van der Waals surface area contributed by atoms with Crippen molar-refractivity contribution >= 4 is 6.03 Å². The Morgan fingerprint density at radius 3 is 2.74 bits per heavy atom. The van der Waals surface area contributed by atoms with Crippen LogP contribution in [0.25, 0.3) is 0 Å². The molecule has 1 heterocycles. The summed E-state index contributed by atoms with van der Waals surface area (Å²) in [5.41, 5.74) is 0. The van der Waals surface area contributed by atoms with Crippen molar-refractivity contribution in [1.82, 2.24) is 9.80 Å². The van der Waals surface area contributed by atoms with Crippen LogP contribution < -0.4 is 4.74 Å². The Hall–Kier alpha value is -1.78. The van der Waals surface area contributed by atoms with Crippen LogP contribution in [0, 0.1) is 5.82 Å². The van der Waals surface area contributed by atoms with Gasteiger partial charge in [-0.05, 0) is 37.1 Å². The summed E-state index contributed by atoms with van der Waals surface area (Å²) in [6.07, 6.45) is 1.94. The van der Waals surface area contributed by atoms with E-state index in [1.165, 1.54) is 12.1 Å². The summed E-state index contributed by atoms with van der Waals surface area (Å²) in [7, 11) is 3.50. The third-order valence-electron chi connectivity index (χ3n) is 3.26. The quantitative estimate of drug-likeness (QED) is 0.841. The highest BCUT2D eigenvalue weighted by Crippen LogP contribution is 2.20. The lowest BCUT2D eigenvalue weighted by Crippen LogP contribution is -2.44. The van der Waals surface area contributed by atoms with Gasteiger partial charge in [0.1, 0.15) is 18.2 Å². The molecule has 0 unspecified atom stereocenters. The minimum Gasteiger partial charge on any atom is -0.491 e. The van der Waals surface area contributed by atoms with Crippen molar-refractivity contribution in [1.29, 1.82) is 0 Å². The molecule has 1 aromatic carbocycles. The smallest absolute Gasteiger partial charge is 0.319 e. The Morgan fingerprint density at radius 1 is 1.42 bits per heavy atom. The van der Waals surface area contributed by atoms with Crippen molar-refractivity contribution in [3.63, 3.8) is 0 Å². The fourth-order valence-corrected chi connectivity index (χ4v) is 2.24. The van der Waals surface area contributed by atoms with Gasteiger partial charge in [-0.2, -0.15) is 0 Å². The number of rotatable bonds is 3. The highest BCUT2D eigenvalue weighted by Gasteiger charge is 2.30. The molecule has 0 spiro atoms. The van der Waals surface area contributed by atoms with E-state index in [0.717, 1.165) is 19.4 Å². The highest BCUT2D eigenvalue weighted by molar-refractivity contribution is 5.74. The maximum Gasteiger partial charge on any atom is 0.319 e. The standard InChI is InChI=1S/C14H19FN2O2/c1-16(2)14(18)17-9-3-4-12(17)10-19-13-7-5-11(15)6-8-13/h5-8,12H,3-4,9-10H2,1-2H3/t12-/m0/s1. The number of halogens is 1. The number of amides is 2. The average Bonchev–Trinajstić information content (AvgIpc) is 2.85. The third-order valence-corrected chi connectivity index (χ3v) is 3.26. The first kappa shape index (κ1) is 13.6. The number of carbonyl (C=O) groups excluding carboxylic acids is 1. The van der Waals surface area contributed by atoms with Crippen LogP contribution in [0.15, 0.2) is 24.3 Å². The van der Waals surface area contributed by atoms with Crippen LogP contribution in [0.1, 0.15) is 12.8 Å². The minimum atomic E-state index is -0.280. The van der Waals surface area contributed by atoms with Gasteiger partial charge in [0.15, 0.2) is 0 Å². The van der Waals surface area contributed by atoms with Gasteiger partial charge >= 0.3 is 6.03 Å². The molecule has 2 amide bonds.